The van der Waals surface area contributed by atoms with Gasteiger partial charge in [-0.25, -0.2) is 9.48 Å². The molecular weight excluding hydrogens is 346 g/mol. The van der Waals surface area contributed by atoms with E-state index in [1.165, 1.54) is 0 Å². The summed E-state index contributed by atoms with van der Waals surface area (Å²) in [6.45, 7) is 6.39. The Morgan fingerprint density at radius 2 is 1.96 bits per heavy atom. The van der Waals surface area contributed by atoms with Gasteiger partial charge in [-0.3, -0.25) is 0 Å². The van der Waals surface area contributed by atoms with E-state index < -0.39 is 11.2 Å². The second-order valence-electron chi connectivity index (χ2n) is 9.19. The number of ether oxygens (including phenoxy) is 2. The molecule has 4 rings (SSSR count). The van der Waals surface area contributed by atoms with Crippen LogP contribution < -0.4 is 0 Å². The highest BCUT2D eigenvalue weighted by Gasteiger charge is 2.52. The zero-order valence-corrected chi connectivity index (χ0v) is 16.6. The van der Waals surface area contributed by atoms with Crippen LogP contribution in [0.3, 0.4) is 0 Å². The highest BCUT2D eigenvalue weighted by atomic mass is 16.6. The lowest BCUT2D eigenvalue weighted by Gasteiger charge is -2.44. The monoisotopic (exact) mass is 377 g/mol. The Bertz CT molecular complexity index is 676. The topological polar surface area (TPSA) is 76.8 Å². The minimum atomic E-state index is -0.984. The van der Waals surface area contributed by atoms with Gasteiger partial charge in [0.2, 0.25) is 0 Å². The minimum absolute atomic E-state index is 0.000718. The zero-order valence-electron chi connectivity index (χ0n) is 16.6. The number of rotatable bonds is 2. The van der Waals surface area contributed by atoms with E-state index in [0.717, 1.165) is 44.4 Å². The van der Waals surface area contributed by atoms with Crippen molar-refractivity contribution in [3.63, 3.8) is 0 Å². The Labute approximate surface area is 160 Å². The molecule has 7 nitrogen and oxygen atoms in total. The molecule has 4 heterocycles. The molecule has 1 amide bonds. The Morgan fingerprint density at radius 3 is 2.56 bits per heavy atom. The molecule has 3 fully saturated rings. The summed E-state index contributed by atoms with van der Waals surface area (Å²) in [5, 5.41) is 16.0. The molecular formula is C20H31N3O4. The summed E-state index contributed by atoms with van der Waals surface area (Å²) in [5.41, 5.74) is -0.682. The quantitative estimate of drug-likeness (QED) is 0.855. The van der Waals surface area contributed by atoms with Crippen LogP contribution in [0.2, 0.25) is 0 Å². The smallest absolute Gasteiger partial charge is 0.410 e. The van der Waals surface area contributed by atoms with Crippen LogP contribution >= 0.6 is 0 Å². The molecule has 2 bridgehead atoms. The first-order chi connectivity index (χ1) is 12.8. The normalized spacial score (nSPS) is 33.9. The number of hydrogen-bond donors (Lipinski definition) is 1. The summed E-state index contributed by atoms with van der Waals surface area (Å²) in [6.07, 6.45) is 7.32. The molecule has 0 saturated carbocycles. The molecule has 0 aromatic carbocycles. The van der Waals surface area contributed by atoms with Crippen LogP contribution in [-0.4, -0.2) is 50.2 Å². The van der Waals surface area contributed by atoms with Gasteiger partial charge in [0.05, 0.1) is 5.69 Å². The van der Waals surface area contributed by atoms with Gasteiger partial charge in [0.15, 0.2) is 6.23 Å². The number of aromatic nitrogens is 2. The SMILES string of the molecule is CC(C)(C)OC(=O)N1C2CC[C@H]1CC(O)(c1ccnn1C1CCCCO1)C2. The third-order valence-electron chi connectivity index (χ3n) is 5.95. The van der Waals surface area contributed by atoms with E-state index in [1.54, 1.807) is 6.20 Å². The van der Waals surface area contributed by atoms with E-state index in [-0.39, 0.29) is 24.4 Å². The van der Waals surface area contributed by atoms with E-state index in [1.807, 2.05) is 36.4 Å². The van der Waals surface area contributed by atoms with Crippen molar-refractivity contribution in [3.05, 3.63) is 18.0 Å². The lowest BCUT2D eigenvalue weighted by atomic mass is 9.83. The number of nitrogens with zero attached hydrogens (tertiary/aromatic N) is 3. The van der Waals surface area contributed by atoms with E-state index >= 15 is 0 Å². The van der Waals surface area contributed by atoms with Crippen LogP contribution in [0.15, 0.2) is 12.3 Å². The Kier molecular flexibility index (Phi) is 4.71. The minimum Gasteiger partial charge on any atom is -0.444 e. The summed E-state index contributed by atoms with van der Waals surface area (Å²) >= 11 is 0. The van der Waals surface area contributed by atoms with Crippen molar-refractivity contribution >= 4 is 6.09 Å². The third-order valence-corrected chi connectivity index (χ3v) is 5.95. The molecule has 27 heavy (non-hydrogen) atoms. The van der Waals surface area contributed by atoms with Gasteiger partial charge >= 0.3 is 6.09 Å². The molecule has 3 unspecified atom stereocenters. The summed E-state index contributed by atoms with van der Waals surface area (Å²) in [6, 6.07) is 1.90. The number of aliphatic hydroxyl groups is 1. The van der Waals surface area contributed by atoms with Gasteiger partial charge in [0, 0.05) is 37.7 Å². The van der Waals surface area contributed by atoms with Gasteiger partial charge in [-0.1, -0.05) is 0 Å². The molecule has 0 aliphatic carbocycles. The van der Waals surface area contributed by atoms with E-state index in [4.69, 9.17) is 9.47 Å². The van der Waals surface area contributed by atoms with Crippen molar-refractivity contribution in [2.24, 2.45) is 0 Å². The first-order valence-electron chi connectivity index (χ1n) is 10.2. The average molecular weight is 377 g/mol. The predicted molar refractivity (Wildman–Crippen MR) is 99.1 cm³/mol. The number of piperidine rings is 1. The Morgan fingerprint density at radius 1 is 1.26 bits per heavy atom. The van der Waals surface area contributed by atoms with Gasteiger partial charge < -0.3 is 19.5 Å². The van der Waals surface area contributed by atoms with Gasteiger partial charge in [-0.15, -0.1) is 0 Å². The van der Waals surface area contributed by atoms with Crippen LogP contribution in [0.1, 0.15) is 77.6 Å². The Balaban J connectivity index is 1.54. The van der Waals surface area contributed by atoms with Crippen LogP contribution in [0.4, 0.5) is 4.79 Å². The van der Waals surface area contributed by atoms with Gasteiger partial charge in [0.25, 0.3) is 0 Å². The molecule has 0 spiro atoms. The van der Waals surface area contributed by atoms with Crippen molar-refractivity contribution in [2.75, 3.05) is 6.61 Å². The highest BCUT2D eigenvalue weighted by Crippen LogP contribution is 2.46. The summed E-state index contributed by atoms with van der Waals surface area (Å²) in [5.74, 6) is 0. The standard InChI is InChI=1S/C20H31N3O4/c1-19(2,3)27-18(24)22-14-7-8-15(22)13-20(25,12-14)16-9-10-21-23(16)17-6-4-5-11-26-17/h9-10,14-15,17,25H,4-8,11-13H2,1-3H3/t14-,15?,17?,20?/m0/s1. The van der Waals surface area contributed by atoms with Crippen LogP contribution in [0, 0.1) is 0 Å². The van der Waals surface area contributed by atoms with Crippen molar-refractivity contribution in [1.82, 2.24) is 14.7 Å². The zero-order chi connectivity index (χ0) is 19.2. The van der Waals surface area contributed by atoms with Gasteiger partial charge in [0.1, 0.15) is 11.2 Å². The van der Waals surface area contributed by atoms with Crippen molar-refractivity contribution in [1.29, 1.82) is 0 Å². The van der Waals surface area contributed by atoms with Crippen LogP contribution in [-0.2, 0) is 15.1 Å². The fraction of sp³-hybridized carbons (Fsp3) is 0.800. The number of hydrogen-bond acceptors (Lipinski definition) is 5. The molecule has 7 heteroatoms. The highest BCUT2D eigenvalue weighted by molar-refractivity contribution is 5.69. The lowest BCUT2D eigenvalue weighted by Crippen LogP contribution is -2.53. The third kappa shape index (κ3) is 3.59. The maximum Gasteiger partial charge on any atom is 0.410 e. The molecule has 1 N–H and O–H groups in total. The number of carbonyl (C=O) groups is 1. The van der Waals surface area contributed by atoms with E-state index in [2.05, 4.69) is 5.10 Å². The number of amides is 1. The second-order valence-corrected chi connectivity index (χ2v) is 9.19. The lowest BCUT2D eigenvalue weighted by molar-refractivity contribution is -0.0831. The number of fused-ring (bicyclic) bond motifs is 2. The molecule has 1 aromatic rings. The van der Waals surface area contributed by atoms with Crippen molar-refractivity contribution in [2.45, 2.75) is 95.2 Å². The first kappa shape index (κ1) is 18.7. The molecule has 4 atom stereocenters. The summed E-state index contributed by atoms with van der Waals surface area (Å²) < 4.78 is 13.4. The first-order valence-corrected chi connectivity index (χ1v) is 10.2. The van der Waals surface area contributed by atoms with Crippen LogP contribution in [0.25, 0.3) is 0 Å². The molecule has 3 aliphatic heterocycles. The maximum absolute atomic E-state index is 12.7. The molecule has 0 radical (unpaired) electrons. The predicted octanol–water partition coefficient (Wildman–Crippen LogP) is 3.33. The fourth-order valence-corrected chi connectivity index (χ4v) is 4.88. The number of carbonyl (C=O) groups excluding carboxylic acids is 1. The summed E-state index contributed by atoms with van der Waals surface area (Å²) in [4.78, 5) is 14.5. The van der Waals surface area contributed by atoms with Gasteiger partial charge in [-0.2, -0.15) is 5.10 Å². The molecule has 3 saturated heterocycles. The molecule has 3 aliphatic rings. The average Bonchev–Trinajstić information content (AvgIpc) is 3.19. The largest absolute Gasteiger partial charge is 0.444 e. The Hall–Kier alpha value is -1.60. The van der Waals surface area contributed by atoms with E-state index in [0.29, 0.717) is 12.8 Å². The second kappa shape index (κ2) is 6.78. The molecule has 1 aromatic heterocycles. The molecule has 150 valence electrons. The van der Waals surface area contributed by atoms with E-state index in [9.17, 15) is 9.90 Å². The van der Waals surface area contributed by atoms with Gasteiger partial charge in [-0.05, 0) is 58.9 Å². The maximum atomic E-state index is 12.7. The van der Waals surface area contributed by atoms with Crippen molar-refractivity contribution < 1.29 is 19.4 Å². The van der Waals surface area contributed by atoms with Crippen molar-refractivity contribution in [3.8, 4) is 0 Å². The van der Waals surface area contributed by atoms with Crippen LogP contribution in [0.5, 0.6) is 0 Å². The fourth-order valence-electron chi connectivity index (χ4n) is 4.88. The summed E-state index contributed by atoms with van der Waals surface area (Å²) in [7, 11) is 0.